The minimum absolute atomic E-state index is 0.320. The van der Waals surface area contributed by atoms with Gasteiger partial charge in [-0.3, -0.25) is 13.6 Å². The molecule has 28 heavy (non-hydrogen) atoms. The number of hydrogen-bond acceptors (Lipinski definition) is 4. The molecule has 2 aromatic rings. The lowest BCUT2D eigenvalue weighted by atomic mass is 9.95. The molecule has 0 spiro atoms. The van der Waals surface area contributed by atoms with Crippen molar-refractivity contribution in [2.45, 2.75) is 63.7 Å². The fourth-order valence-corrected chi connectivity index (χ4v) is 5.10. The summed E-state index contributed by atoms with van der Waals surface area (Å²) in [7, 11) is -0.704. The van der Waals surface area contributed by atoms with Gasteiger partial charge in [-0.15, -0.1) is 10.2 Å². The monoisotopic (exact) mass is 404 g/mol. The minimum atomic E-state index is -0.704. The highest BCUT2D eigenvalue weighted by atomic mass is 32.2. The second-order valence-corrected chi connectivity index (χ2v) is 9.21. The Morgan fingerprint density at radius 2 is 2.21 bits per heavy atom. The zero-order valence-corrected chi connectivity index (χ0v) is 17.7. The fourth-order valence-electron chi connectivity index (χ4n) is 3.75. The first-order chi connectivity index (χ1) is 13.7. The van der Waals surface area contributed by atoms with E-state index < -0.39 is 10.8 Å². The van der Waals surface area contributed by atoms with E-state index >= 15 is 0 Å². The number of guanidine groups is 1. The highest BCUT2D eigenvalue weighted by Gasteiger charge is 2.26. The number of rotatable bonds is 8. The van der Waals surface area contributed by atoms with Crippen LogP contribution in [0.25, 0.3) is 5.65 Å². The molecular formula is C20H32N6OS. The number of nitrogens with one attached hydrogen (secondary N) is 2. The average Bonchev–Trinajstić information content (AvgIpc) is 3.14. The first-order valence-corrected chi connectivity index (χ1v) is 11.8. The number of fused-ring (bicyclic) bond motifs is 1. The Morgan fingerprint density at radius 3 is 3.04 bits per heavy atom. The molecule has 0 saturated heterocycles. The van der Waals surface area contributed by atoms with Crippen molar-refractivity contribution in [2.75, 3.05) is 18.8 Å². The van der Waals surface area contributed by atoms with Gasteiger partial charge < -0.3 is 10.6 Å². The van der Waals surface area contributed by atoms with Crippen molar-refractivity contribution in [2.24, 2.45) is 4.99 Å². The third-order valence-corrected chi connectivity index (χ3v) is 6.92. The smallest absolute Gasteiger partial charge is 0.191 e. The van der Waals surface area contributed by atoms with Gasteiger partial charge in [-0.2, -0.15) is 0 Å². The summed E-state index contributed by atoms with van der Waals surface area (Å²) in [5.41, 5.74) is 0.882. The van der Waals surface area contributed by atoms with Crippen LogP contribution < -0.4 is 10.6 Å². The molecule has 1 aliphatic carbocycles. The van der Waals surface area contributed by atoms with Gasteiger partial charge in [0.2, 0.25) is 0 Å². The number of nitrogens with zero attached hydrogens (tertiary/aromatic N) is 4. The zero-order chi connectivity index (χ0) is 19.8. The van der Waals surface area contributed by atoms with Crippen LogP contribution in [0.1, 0.15) is 51.8 Å². The molecule has 7 nitrogen and oxygen atoms in total. The third kappa shape index (κ3) is 5.53. The Balaban J connectivity index is 1.51. The predicted octanol–water partition coefficient (Wildman–Crippen LogP) is 2.30. The molecule has 0 radical (unpaired) electrons. The van der Waals surface area contributed by atoms with Crippen molar-refractivity contribution in [3.05, 3.63) is 30.2 Å². The van der Waals surface area contributed by atoms with Crippen LogP contribution in [0.15, 0.2) is 29.4 Å². The van der Waals surface area contributed by atoms with Crippen LogP contribution in [0.5, 0.6) is 0 Å². The summed E-state index contributed by atoms with van der Waals surface area (Å²) in [6.45, 7) is 5.65. The molecule has 1 fully saturated rings. The first kappa shape index (κ1) is 20.8. The molecule has 2 N–H and O–H groups in total. The molecule has 3 unspecified atom stereocenters. The van der Waals surface area contributed by atoms with Crippen LogP contribution in [0.2, 0.25) is 0 Å². The van der Waals surface area contributed by atoms with Crippen molar-refractivity contribution in [3.8, 4) is 0 Å². The van der Waals surface area contributed by atoms with E-state index in [0.717, 1.165) is 74.8 Å². The molecule has 154 valence electrons. The SMILES string of the molecule is CCNC(=NCCCc1nnc2ccccn12)NC1CCCC(S(=O)CC)C1. The van der Waals surface area contributed by atoms with Gasteiger partial charge in [0, 0.05) is 53.6 Å². The summed E-state index contributed by atoms with van der Waals surface area (Å²) in [4.78, 5) is 4.74. The average molecular weight is 405 g/mol. The zero-order valence-electron chi connectivity index (χ0n) is 16.9. The molecule has 1 saturated carbocycles. The molecule has 0 amide bonds. The molecule has 3 atom stereocenters. The summed E-state index contributed by atoms with van der Waals surface area (Å²) in [5.74, 6) is 2.59. The maximum atomic E-state index is 12.2. The van der Waals surface area contributed by atoms with Gasteiger partial charge in [-0.1, -0.05) is 19.4 Å². The fraction of sp³-hybridized carbons (Fsp3) is 0.650. The topological polar surface area (TPSA) is 83.7 Å². The second kappa shape index (κ2) is 10.5. The Morgan fingerprint density at radius 1 is 1.32 bits per heavy atom. The van der Waals surface area contributed by atoms with E-state index in [4.69, 9.17) is 4.99 Å². The molecule has 2 heterocycles. The standard InChI is InChI=1S/C20H32N6OS/c1-3-21-20(23-16-9-7-10-17(15-16)28(27)4-2)22-13-8-12-19-25-24-18-11-5-6-14-26(18)19/h5-6,11,14,16-17H,3-4,7-10,12-13,15H2,1-2H3,(H2,21,22,23). The lowest BCUT2D eigenvalue weighted by Crippen LogP contribution is -2.46. The second-order valence-electron chi connectivity index (χ2n) is 7.21. The van der Waals surface area contributed by atoms with Crippen molar-refractivity contribution in [1.82, 2.24) is 25.2 Å². The first-order valence-electron chi connectivity index (χ1n) is 10.4. The highest BCUT2D eigenvalue weighted by Crippen LogP contribution is 2.23. The Labute approximate surface area is 169 Å². The quantitative estimate of drug-likeness (QED) is 0.401. The van der Waals surface area contributed by atoms with Crippen molar-refractivity contribution in [1.29, 1.82) is 0 Å². The van der Waals surface area contributed by atoms with Gasteiger partial charge in [0.15, 0.2) is 11.6 Å². The number of aliphatic imine (C=N–C) groups is 1. The molecular weight excluding hydrogens is 372 g/mol. The normalized spacial score (nSPS) is 21.6. The molecule has 2 aromatic heterocycles. The molecule has 3 rings (SSSR count). The lowest BCUT2D eigenvalue weighted by Gasteiger charge is -2.30. The van der Waals surface area contributed by atoms with E-state index in [0.29, 0.717) is 11.3 Å². The van der Waals surface area contributed by atoms with Gasteiger partial charge >= 0.3 is 0 Å². The molecule has 1 aliphatic rings. The van der Waals surface area contributed by atoms with Gasteiger partial charge in [-0.25, -0.2) is 0 Å². The van der Waals surface area contributed by atoms with Gasteiger partial charge in [-0.05, 0) is 44.7 Å². The van der Waals surface area contributed by atoms with Crippen LogP contribution in [0.3, 0.4) is 0 Å². The summed E-state index contributed by atoms with van der Waals surface area (Å²) >= 11 is 0. The molecule has 0 bridgehead atoms. The van der Waals surface area contributed by atoms with Crippen molar-refractivity contribution >= 4 is 22.4 Å². The largest absolute Gasteiger partial charge is 0.357 e. The number of pyridine rings is 1. The maximum absolute atomic E-state index is 12.2. The van der Waals surface area contributed by atoms with E-state index in [1.54, 1.807) is 0 Å². The number of aromatic nitrogens is 3. The van der Waals surface area contributed by atoms with Crippen LogP contribution in [0.4, 0.5) is 0 Å². The predicted molar refractivity (Wildman–Crippen MR) is 115 cm³/mol. The van der Waals surface area contributed by atoms with Crippen molar-refractivity contribution in [3.63, 3.8) is 0 Å². The summed E-state index contributed by atoms with van der Waals surface area (Å²) in [6.07, 6.45) is 8.06. The minimum Gasteiger partial charge on any atom is -0.357 e. The van der Waals surface area contributed by atoms with Crippen LogP contribution in [-0.2, 0) is 17.2 Å². The summed E-state index contributed by atoms with van der Waals surface area (Å²) < 4.78 is 14.2. The Hall–Kier alpha value is -1.96. The maximum Gasteiger partial charge on any atom is 0.191 e. The third-order valence-electron chi connectivity index (χ3n) is 5.18. The molecule has 0 aromatic carbocycles. The Kier molecular flexibility index (Phi) is 7.82. The van der Waals surface area contributed by atoms with Gasteiger partial charge in [0.25, 0.3) is 0 Å². The summed E-state index contributed by atoms with van der Waals surface area (Å²) in [5, 5.41) is 15.7. The van der Waals surface area contributed by atoms with E-state index in [1.165, 1.54) is 0 Å². The van der Waals surface area contributed by atoms with Crippen LogP contribution >= 0.6 is 0 Å². The van der Waals surface area contributed by atoms with Crippen LogP contribution in [0, 0.1) is 0 Å². The van der Waals surface area contributed by atoms with Gasteiger partial charge in [0.1, 0.15) is 5.82 Å². The van der Waals surface area contributed by atoms with Crippen LogP contribution in [-0.4, -0.2) is 54.9 Å². The lowest BCUT2D eigenvalue weighted by molar-refractivity contribution is 0.413. The molecule has 0 aliphatic heterocycles. The number of hydrogen-bond donors (Lipinski definition) is 2. The van der Waals surface area contributed by atoms with Crippen molar-refractivity contribution < 1.29 is 4.21 Å². The number of aryl methyl sites for hydroxylation is 1. The summed E-state index contributed by atoms with van der Waals surface area (Å²) in [6, 6.07) is 6.28. The van der Waals surface area contributed by atoms with E-state index in [-0.39, 0.29) is 0 Å². The Bertz CT molecular complexity index is 805. The molecule has 8 heteroatoms. The van der Waals surface area contributed by atoms with E-state index in [1.807, 2.05) is 35.7 Å². The highest BCUT2D eigenvalue weighted by molar-refractivity contribution is 7.85. The van der Waals surface area contributed by atoms with E-state index in [2.05, 4.69) is 27.8 Å². The van der Waals surface area contributed by atoms with Gasteiger partial charge in [0.05, 0.1) is 0 Å². The van der Waals surface area contributed by atoms with E-state index in [9.17, 15) is 4.21 Å².